The van der Waals surface area contributed by atoms with Crippen molar-refractivity contribution in [1.29, 1.82) is 0 Å². The summed E-state index contributed by atoms with van der Waals surface area (Å²) >= 11 is 12.0. The number of alkyl carbamates (subject to hydrolysis) is 1. The Balaban J connectivity index is 2.19. The van der Waals surface area contributed by atoms with Gasteiger partial charge in [0.25, 0.3) is 5.91 Å². The van der Waals surface area contributed by atoms with Gasteiger partial charge in [0.1, 0.15) is 12.1 Å². The maximum Gasteiger partial charge on any atom is 0.413 e. The van der Waals surface area contributed by atoms with Gasteiger partial charge in [0, 0.05) is 15.6 Å². The van der Waals surface area contributed by atoms with Crippen LogP contribution in [0.5, 0.6) is 0 Å². The molecule has 2 rings (SSSR count). The van der Waals surface area contributed by atoms with Crippen molar-refractivity contribution in [3.63, 3.8) is 0 Å². The van der Waals surface area contributed by atoms with E-state index in [2.05, 4.69) is 10.1 Å². The van der Waals surface area contributed by atoms with Crippen molar-refractivity contribution in [2.75, 3.05) is 13.2 Å². The maximum atomic E-state index is 12.7. The lowest BCUT2D eigenvalue weighted by molar-refractivity contribution is -0.134. The average molecular weight is 388 g/mol. The summed E-state index contributed by atoms with van der Waals surface area (Å²) in [4.78, 5) is 48.5. The van der Waals surface area contributed by atoms with Crippen LogP contribution in [-0.4, -0.2) is 42.0 Å². The smallest absolute Gasteiger partial charge is 0.413 e. The van der Waals surface area contributed by atoms with Gasteiger partial charge < -0.3 is 10.1 Å². The van der Waals surface area contributed by atoms with Gasteiger partial charge in [-0.15, -0.1) is 0 Å². The first-order valence-electron chi connectivity index (χ1n) is 7.25. The Morgan fingerprint density at radius 3 is 2.60 bits per heavy atom. The van der Waals surface area contributed by atoms with Gasteiger partial charge in [-0.05, 0) is 26.0 Å². The summed E-state index contributed by atoms with van der Waals surface area (Å²) in [5.41, 5.74) is -1.12. The van der Waals surface area contributed by atoms with Gasteiger partial charge in [-0.1, -0.05) is 29.3 Å². The van der Waals surface area contributed by atoms with Gasteiger partial charge in [0.15, 0.2) is 0 Å². The number of benzene rings is 1. The van der Waals surface area contributed by atoms with E-state index in [1.165, 1.54) is 25.1 Å². The third-order valence-electron chi connectivity index (χ3n) is 3.56. The predicted octanol–water partition coefficient (Wildman–Crippen LogP) is 2.03. The Bertz CT molecular complexity index is 755. The maximum absolute atomic E-state index is 12.7. The molecule has 134 valence electrons. The number of imide groups is 2. The second kappa shape index (κ2) is 7.28. The number of rotatable bonds is 4. The van der Waals surface area contributed by atoms with E-state index >= 15 is 0 Å². The number of hydrogen-bond donors (Lipinski definition) is 2. The van der Waals surface area contributed by atoms with Crippen molar-refractivity contribution in [3.05, 3.63) is 33.8 Å². The first kappa shape index (κ1) is 19.0. The van der Waals surface area contributed by atoms with E-state index in [9.17, 15) is 19.2 Å². The highest BCUT2D eigenvalue weighted by Gasteiger charge is 2.50. The second-order valence-electron chi connectivity index (χ2n) is 5.34. The predicted molar refractivity (Wildman–Crippen MR) is 89.2 cm³/mol. The fourth-order valence-corrected chi connectivity index (χ4v) is 2.98. The zero-order valence-corrected chi connectivity index (χ0v) is 14.9. The van der Waals surface area contributed by atoms with Crippen LogP contribution < -0.4 is 10.6 Å². The molecule has 1 heterocycles. The Morgan fingerprint density at radius 2 is 2.00 bits per heavy atom. The molecule has 0 aliphatic carbocycles. The summed E-state index contributed by atoms with van der Waals surface area (Å²) in [6.07, 6.45) is -0.955. The molecule has 1 fully saturated rings. The lowest BCUT2D eigenvalue weighted by atomic mass is 9.92. The van der Waals surface area contributed by atoms with Crippen molar-refractivity contribution in [2.24, 2.45) is 0 Å². The Morgan fingerprint density at radius 1 is 1.32 bits per heavy atom. The molecule has 2 N–H and O–H groups in total. The molecule has 0 bridgehead atoms. The largest absolute Gasteiger partial charge is 0.450 e. The fourth-order valence-electron chi connectivity index (χ4n) is 2.38. The number of nitrogens with zero attached hydrogens (tertiary/aromatic N) is 1. The number of amides is 5. The zero-order chi connectivity index (χ0) is 18.8. The van der Waals surface area contributed by atoms with Crippen LogP contribution >= 0.6 is 23.2 Å². The SMILES string of the molecule is CCOC(=O)NC(=O)CN1C(=O)N[C@@](C)(c2ccc(Cl)cc2Cl)C1=O. The summed E-state index contributed by atoms with van der Waals surface area (Å²) in [5, 5.41) is 4.99. The number of carbonyl (C=O) groups is 4. The Kier molecular flexibility index (Phi) is 5.54. The van der Waals surface area contributed by atoms with Crippen molar-refractivity contribution in [2.45, 2.75) is 19.4 Å². The Hall–Kier alpha value is -2.32. The van der Waals surface area contributed by atoms with Crippen molar-refractivity contribution in [1.82, 2.24) is 15.5 Å². The molecule has 0 unspecified atom stereocenters. The normalized spacial score (nSPS) is 19.6. The number of nitrogens with one attached hydrogen (secondary N) is 2. The van der Waals surface area contributed by atoms with E-state index in [0.717, 1.165) is 0 Å². The lowest BCUT2D eigenvalue weighted by Crippen LogP contribution is -2.44. The molecule has 1 atom stereocenters. The minimum atomic E-state index is -1.46. The quantitative estimate of drug-likeness (QED) is 0.768. The molecular formula is C15H15Cl2N3O5. The highest BCUT2D eigenvalue weighted by Crippen LogP contribution is 2.34. The first-order chi connectivity index (χ1) is 11.7. The zero-order valence-electron chi connectivity index (χ0n) is 13.4. The molecule has 0 aromatic heterocycles. The van der Waals surface area contributed by atoms with E-state index in [1.54, 1.807) is 6.92 Å². The van der Waals surface area contributed by atoms with Crippen LogP contribution in [0, 0.1) is 0 Å². The third-order valence-corrected chi connectivity index (χ3v) is 4.11. The van der Waals surface area contributed by atoms with Crippen molar-refractivity contribution >= 4 is 47.1 Å². The van der Waals surface area contributed by atoms with Gasteiger partial charge in [-0.25, -0.2) is 9.59 Å². The lowest BCUT2D eigenvalue weighted by Gasteiger charge is -2.23. The topological polar surface area (TPSA) is 105 Å². The van der Waals surface area contributed by atoms with E-state index in [-0.39, 0.29) is 11.6 Å². The molecule has 1 aliphatic heterocycles. The summed E-state index contributed by atoms with van der Waals surface area (Å²) in [6.45, 7) is 2.48. The number of urea groups is 1. The summed E-state index contributed by atoms with van der Waals surface area (Å²) in [7, 11) is 0. The van der Waals surface area contributed by atoms with Gasteiger partial charge in [0.05, 0.1) is 6.61 Å². The molecule has 1 aromatic carbocycles. The first-order valence-corrected chi connectivity index (χ1v) is 8.01. The van der Waals surface area contributed by atoms with Gasteiger partial charge in [-0.3, -0.25) is 19.8 Å². The van der Waals surface area contributed by atoms with Crippen molar-refractivity contribution < 1.29 is 23.9 Å². The van der Waals surface area contributed by atoms with Gasteiger partial charge in [-0.2, -0.15) is 0 Å². The molecular weight excluding hydrogens is 373 g/mol. The standard InChI is InChI=1S/C15H15Cl2N3O5/c1-3-25-14(24)18-11(21)7-20-12(22)15(2,19-13(20)23)9-5-4-8(16)6-10(9)17/h4-6H,3,7H2,1-2H3,(H,19,23)(H,18,21,24)/t15-/m0/s1. The van der Waals surface area contributed by atoms with Gasteiger partial charge in [0.2, 0.25) is 5.91 Å². The molecule has 1 aliphatic rings. The number of ether oxygens (including phenoxy) is 1. The fraction of sp³-hybridized carbons (Fsp3) is 0.333. The van der Waals surface area contributed by atoms with Crippen LogP contribution in [0.2, 0.25) is 10.0 Å². The molecule has 1 saturated heterocycles. The molecule has 25 heavy (non-hydrogen) atoms. The molecule has 8 nitrogen and oxygen atoms in total. The average Bonchev–Trinajstić information content (AvgIpc) is 2.71. The molecule has 0 radical (unpaired) electrons. The van der Waals surface area contributed by atoms with Gasteiger partial charge >= 0.3 is 12.1 Å². The molecule has 0 saturated carbocycles. The molecule has 5 amide bonds. The Labute approximate surface area is 153 Å². The molecule has 10 heteroatoms. The van der Waals surface area contributed by atoms with E-state index in [4.69, 9.17) is 23.2 Å². The highest BCUT2D eigenvalue weighted by molar-refractivity contribution is 6.35. The van der Waals surface area contributed by atoms with Crippen LogP contribution in [0.4, 0.5) is 9.59 Å². The second-order valence-corrected chi connectivity index (χ2v) is 6.18. The summed E-state index contributed by atoms with van der Waals surface area (Å²) in [5.74, 6) is -1.53. The summed E-state index contributed by atoms with van der Waals surface area (Å²) < 4.78 is 4.56. The van der Waals surface area contributed by atoms with E-state index in [1.807, 2.05) is 5.32 Å². The monoisotopic (exact) mass is 387 g/mol. The third kappa shape index (κ3) is 3.85. The molecule has 0 spiro atoms. The van der Waals surface area contributed by atoms with Crippen LogP contribution in [0.15, 0.2) is 18.2 Å². The van der Waals surface area contributed by atoms with Crippen molar-refractivity contribution in [3.8, 4) is 0 Å². The van der Waals surface area contributed by atoms with Crippen LogP contribution in [0.1, 0.15) is 19.4 Å². The minimum absolute atomic E-state index is 0.0788. The van der Waals surface area contributed by atoms with Crippen LogP contribution in [0.3, 0.4) is 0 Å². The molecule has 1 aromatic rings. The number of hydrogen-bond acceptors (Lipinski definition) is 5. The van der Waals surface area contributed by atoms with E-state index < -0.39 is 36.0 Å². The highest BCUT2D eigenvalue weighted by atomic mass is 35.5. The minimum Gasteiger partial charge on any atom is -0.450 e. The summed E-state index contributed by atoms with van der Waals surface area (Å²) in [6, 6.07) is 3.71. The van der Waals surface area contributed by atoms with E-state index in [0.29, 0.717) is 15.5 Å². The van der Waals surface area contributed by atoms with Crippen LogP contribution in [-0.2, 0) is 19.9 Å². The number of carbonyl (C=O) groups excluding carboxylic acids is 4. The van der Waals surface area contributed by atoms with Crippen LogP contribution in [0.25, 0.3) is 0 Å². The number of halogens is 2.